The molecule has 0 aliphatic heterocycles. The summed E-state index contributed by atoms with van der Waals surface area (Å²) < 4.78 is 19.9. The van der Waals surface area contributed by atoms with Crippen LogP contribution >= 0.6 is 77.7 Å². The van der Waals surface area contributed by atoms with Crippen LogP contribution in [0.5, 0.6) is 0 Å². The van der Waals surface area contributed by atoms with Crippen LogP contribution in [0.25, 0.3) is 40.3 Å². The van der Waals surface area contributed by atoms with Crippen LogP contribution < -0.4 is 0 Å². The second-order valence-electron chi connectivity index (χ2n) is 7.21. The van der Waals surface area contributed by atoms with Gasteiger partial charge in [-0.3, -0.25) is 0 Å². The van der Waals surface area contributed by atoms with Crippen LogP contribution in [0.3, 0.4) is 0 Å². The van der Waals surface area contributed by atoms with Crippen molar-refractivity contribution < 1.29 is 4.21 Å². The minimum absolute atomic E-state index is 0.451. The van der Waals surface area contributed by atoms with Gasteiger partial charge in [0.05, 0.1) is 30.6 Å². The van der Waals surface area contributed by atoms with Crippen molar-refractivity contribution in [2.24, 2.45) is 0 Å². The molecule has 1 nitrogen and oxygen atoms in total. The molecule has 0 spiro atoms. The van der Waals surface area contributed by atoms with Gasteiger partial charge in [0, 0.05) is 49.3 Å². The van der Waals surface area contributed by atoms with Crippen LogP contribution in [-0.2, 0) is 10.8 Å². The fraction of sp³-hybridized carbons (Fsp3) is 0. The van der Waals surface area contributed by atoms with Crippen molar-refractivity contribution in [1.29, 1.82) is 0 Å². The first-order valence-corrected chi connectivity index (χ1v) is 14.6. The van der Waals surface area contributed by atoms with E-state index in [9.17, 15) is 4.21 Å². The highest BCUT2D eigenvalue weighted by atomic mass is 79.9. The van der Waals surface area contributed by atoms with Gasteiger partial charge in [-0.2, -0.15) is 0 Å². The number of halogens is 4. The van der Waals surface area contributed by atoms with Gasteiger partial charge < -0.3 is 0 Å². The minimum Gasteiger partial charge on any atom is -0.249 e. The smallest absolute Gasteiger partial charge is 0.0903 e. The zero-order chi connectivity index (χ0) is 22.1. The second kappa shape index (κ2) is 8.05. The van der Waals surface area contributed by atoms with Gasteiger partial charge in [-0.05, 0) is 56.1 Å². The summed E-state index contributed by atoms with van der Waals surface area (Å²) in [6, 6.07) is 20.2. The first-order chi connectivity index (χ1) is 15.5. The Bertz CT molecular complexity index is 1630. The van der Waals surface area contributed by atoms with Gasteiger partial charge in [0.25, 0.3) is 0 Å². The Morgan fingerprint density at radius 2 is 1.06 bits per heavy atom. The monoisotopic (exact) mass is 638 g/mol. The normalized spacial score (nSPS) is 12.2. The average molecular weight is 641 g/mol. The van der Waals surface area contributed by atoms with Crippen LogP contribution in [0.4, 0.5) is 0 Å². The molecule has 0 aliphatic carbocycles. The van der Waals surface area contributed by atoms with Crippen molar-refractivity contribution in [3.63, 3.8) is 0 Å². The largest absolute Gasteiger partial charge is 0.249 e. The number of benzene rings is 4. The highest BCUT2D eigenvalue weighted by molar-refractivity contribution is 9.11. The molecule has 0 fully saturated rings. The highest BCUT2D eigenvalue weighted by Crippen LogP contribution is 2.48. The summed E-state index contributed by atoms with van der Waals surface area (Å²) in [6.45, 7) is 0. The second-order valence-corrected chi connectivity index (χ2v) is 13.1. The van der Waals surface area contributed by atoms with Crippen molar-refractivity contribution >= 4 is 129 Å². The molecule has 2 aromatic heterocycles. The van der Waals surface area contributed by atoms with E-state index < -0.39 is 10.8 Å². The molecule has 0 amide bonds. The number of hydrogen-bond acceptors (Lipinski definition) is 3. The number of hydrogen-bond donors (Lipinski definition) is 0. The van der Waals surface area contributed by atoms with E-state index in [1.54, 1.807) is 22.7 Å². The Balaban J connectivity index is 1.65. The third-order valence-corrected chi connectivity index (χ3v) is 12.2. The number of fused-ring (bicyclic) bond motifs is 6. The van der Waals surface area contributed by atoms with Crippen LogP contribution in [0, 0.1) is 0 Å². The maximum Gasteiger partial charge on any atom is 0.0903 e. The van der Waals surface area contributed by atoms with Crippen LogP contribution in [0.1, 0.15) is 0 Å². The van der Waals surface area contributed by atoms with Gasteiger partial charge in [0.15, 0.2) is 0 Å². The third-order valence-electron chi connectivity index (χ3n) is 5.40. The molecule has 4 aromatic carbocycles. The molecule has 0 unspecified atom stereocenters. The predicted molar refractivity (Wildman–Crippen MR) is 149 cm³/mol. The molecule has 0 atom stereocenters. The standard InChI is InChI=1S/C24H10Br2Cl2OS3/c25-21-19-11-5-1-3-7-15(11)30-17(19)9-13(27)23(21)32(29)24-14(28)10-18-20(22(24)26)12-6-2-4-8-16(12)31-18/h1-10H. The summed E-state index contributed by atoms with van der Waals surface area (Å²) in [5.74, 6) is 0. The fourth-order valence-corrected chi connectivity index (χ4v) is 11.2. The molecule has 0 aliphatic rings. The maximum absolute atomic E-state index is 14.0. The van der Waals surface area contributed by atoms with Crippen LogP contribution in [0.15, 0.2) is 79.4 Å². The average Bonchev–Trinajstić information content (AvgIpc) is 3.31. The Hall–Kier alpha value is -0.990. The first kappa shape index (κ1) is 21.5. The van der Waals surface area contributed by atoms with Gasteiger partial charge >= 0.3 is 0 Å². The molecule has 0 saturated carbocycles. The lowest BCUT2D eigenvalue weighted by Gasteiger charge is -2.13. The van der Waals surface area contributed by atoms with E-state index in [0.717, 1.165) is 49.3 Å². The summed E-state index contributed by atoms with van der Waals surface area (Å²) in [5.41, 5.74) is 0. The van der Waals surface area contributed by atoms with Crippen molar-refractivity contribution in [3.8, 4) is 0 Å². The summed E-state index contributed by atoms with van der Waals surface area (Å²) in [4.78, 5) is 1.06. The van der Waals surface area contributed by atoms with Crippen molar-refractivity contribution in [3.05, 3.63) is 79.7 Å². The molecular formula is C24H10Br2Cl2OS3. The highest BCUT2D eigenvalue weighted by Gasteiger charge is 2.26. The molecule has 0 N–H and O–H groups in total. The van der Waals surface area contributed by atoms with Crippen molar-refractivity contribution in [1.82, 2.24) is 0 Å². The number of thiophene rings is 2. The number of rotatable bonds is 2. The SMILES string of the molecule is O=S(c1c(Cl)cc2sc3ccccc3c2c1Br)c1c(Cl)cc2sc3ccccc3c2c1Br. The molecule has 0 saturated heterocycles. The van der Waals surface area contributed by atoms with Gasteiger partial charge in [-0.25, -0.2) is 4.21 Å². The first-order valence-electron chi connectivity index (χ1n) is 9.46. The van der Waals surface area contributed by atoms with Crippen molar-refractivity contribution in [2.75, 3.05) is 0 Å². The maximum atomic E-state index is 14.0. The molecule has 32 heavy (non-hydrogen) atoms. The van der Waals surface area contributed by atoms with Gasteiger partial charge in [0.2, 0.25) is 0 Å². The van der Waals surface area contributed by atoms with Crippen molar-refractivity contribution in [2.45, 2.75) is 9.79 Å². The van der Waals surface area contributed by atoms with E-state index in [-0.39, 0.29) is 0 Å². The molecule has 6 aromatic rings. The zero-order valence-corrected chi connectivity index (χ0v) is 23.1. The molecule has 2 heterocycles. The van der Waals surface area contributed by atoms with E-state index in [0.29, 0.717) is 19.8 Å². The summed E-state index contributed by atoms with van der Waals surface area (Å²) in [5, 5.41) is 5.16. The summed E-state index contributed by atoms with van der Waals surface area (Å²) in [6.07, 6.45) is 0. The molecule has 6 rings (SSSR count). The van der Waals surface area contributed by atoms with E-state index >= 15 is 0 Å². The molecule has 0 bridgehead atoms. The zero-order valence-electron chi connectivity index (χ0n) is 15.9. The molecular weight excluding hydrogens is 631 g/mol. The van der Waals surface area contributed by atoms with E-state index in [1.807, 2.05) is 36.4 Å². The quantitative estimate of drug-likeness (QED) is 0.184. The Labute approximate surface area is 220 Å². The van der Waals surface area contributed by atoms with E-state index in [2.05, 4.69) is 56.1 Å². The molecule has 0 radical (unpaired) electrons. The van der Waals surface area contributed by atoms with E-state index in [4.69, 9.17) is 23.2 Å². The Kier molecular flexibility index (Phi) is 5.42. The third kappa shape index (κ3) is 3.15. The van der Waals surface area contributed by atoms with Crippen LogP contribution in [-0.4, -0.2) is 4.21 Å². The summed E-state index contributed by atoms with van der Waals surface area (Å²) >= 11 is 24.2. The van der Waals surface area contributed by atoms with Gasteiger partial charge in [0.1, 0.15) is 0 Å². The lowest BCUT2D eigenvalue weighted by atomic mass is 10.1. The minimum atomic E-state index is -1.61. The Morgan fingerprint density at radius 3 is 1.50 bits per heavy atom. The Morgan fingerprint density at radius 1 is 0.656 bits per heavy atom. The van der Waals surface area contributed by atoms with E-state index in [1.165, 1.54) is 0 Å². The molecule has 8 heteroatoms. The van der Waals surface area contributed by atoms with Crippen LogP contribution in [0.2, 0.25) is 10.0 Å². The lowest BCUT2D eigenvalue weighted by Crippen LogP contribution is -1.98. The topological polar surface area (TPSA) is 17.1 Å². The fourth-order valence-electron chi connectivity index (χ4n) is 4.02. The predicted octanol–water partition coefficient (Wildman–Crippen LogP) is 10.4. The summed E-state index contributed by atoms with van der Waals surface area (Å²) in [7, 11) is -1.61. The van der Waals surface area contributed by atoms with Gasteiger partial charge in [-0.15, -0.1) is 22.7 Å². The lowest BCUT2D eigenvalue weighted by molar-refractivity contribution is 0.683. The molecule has 158 valence electrons. The van der Waals surface area contributed by atoms with Gasteiger partial charge in [-0.1, -0.05) is 59.6 Å².